The normalized spacial score (nSPS) is 17.7. The number of hydrogen-bond acceptors (Lipinski definition) is 4. The number of anilines is 2. The predicted octanol–water partition coefficient (Wildman–Crippen LogP) is 1.20. The molecule has 2 heterocycles. The Labute approximate surface area is 97.1 Å². The molecule has 0 saturated carbocycles. The van der Waals surface area contributed by atoms with Crippen molar-refractivity contribution in [3.8, 4) is 0 Å². The van der Waals surface area contributed by atoms with Gasteiger partial charge in [0.1, 0.15) is 11.6 Å². The van der Waals surface area contributed by atoms with E-state index in [2.05, 4.69) is 21.7 Å². The molecule has 4 heteroatoms. The third-order valence-electron chi connectivity index (χ3n) is 2.99. The van der Waals surface area contributed by atoms with Gasteiger partial charge < -0.3 is 10.6 Å². The third-order valence-corrected chi connectivity index (χ3v) is 2.99. The summed E-state index contributed by atoms with van der Waals surface area (Å²) in [4.78, 5) is 9.16. The lowest BCUT2D eigenvalue weighted by Crippen LogP contribution is -2.46. The van der Waals surface area contributed by atoms with Gasteiger partial charge in [-0.2, -0.15) is 0 Å². The van der Waals surface area contributed by atoms with Crippen LogP contribution in [0.15, 0.2) is 18.2 Å². The van der Waals surface area contributed by atoms with Gasteiger partial charge in [-0.25, -0.2) is 4.98 Å². The van der Waals surface area contributed by atoms with E-state index in [4.69, 9.17) is 5.73 Å². The van der Waals surface area contributed by atoms with E-state index in [0.717, 1.165) is 32.0 Å². The smallest absolute Gasteiger partial charge is 0.131 e. The molecule has 88 valence electrons. The van der Waals surface area contributed by atoms with Gasteiger partial charge in [0.05, 0.1) is 0 Å². The minimum atomic E-state index is 0.605. The predicted molar refractivity (Wildman–Crippen MR) is 67.6 cm³/mol. The van der Waals surface area contributed by atoms with Crippen LogP contribution in [-0.4, -0.2) is 42.6 Å². The first-order chi connectivity index (χ1) is 7.79. The molecule has 1 fully saturated rings. The van der Waals surface area contributed by atoms with Crippen molar-refractivity contribution >= 4 is 11.6 Å². The van der Waals surface area contributed by atoms with Gasteiger partial charge in [-0.15, -0.1) is 0 Å². The van der Waals surface area contributed by atoms with E-state index >= 15 is 0 Å². The Kier molecular flexibility index (Phi) is 3.62. The van der Waals surface area contributed by atoms with Crippen molar-refractivity contribution < 1.29 is 0 Å². The summed E-state index contributed by atoms with van der Waals surface area (Å²) in [6.07, 6.45) is 1.23. The monoisotopic (exact) mass is 220 g/mol. The summed E-state index contributed by atoms with van der Waals surface area (Å²) in [5.74, 6) is 1.62. The highest BCUT2D eigenvalue weighted by atomic mass is 15.3. The molecule has 2 N–H and O–H groups in total. The number of aromatic nitrogens is 1. The molecule has 16 heavy (non-hydrogen) atoms. The second-order valence-electron chi connectivity index (χ2n) is 4.25. The van der Waals surface area contributed by atoms with Crippen LogP contribution >= 0.6 is 0 Å². The Balaban J connectivity index is 1.94. The van der Waals surface area contributed by atoms with Gasteiger partial charge in [0.25, 0.3) is 0 Å². The molecule has 1 aliphatic heterocycles. The molecular weight excluding hydrogens is 200 g/mol. The van der Waals surface area contributed by atoms with Gasteiger partial charge in [0, 0.05) is 26.2 Å². The van der Waals surface area contributed by atoms with E-state index in [1.54, 1.807) is 0 Å². The van der Waals surface area contributed by atoms with Gasteiger partial charge in [-0.1, -0.05) is 13.0 Å². The first-order valence-electron chi connectivity index (χ1n) is 5.99. The van der Waals surface area contributed by atoms with Crippen molar-refractivity contribution in [1.82, 2.24) is 9.88 Å². The molecule has 0 aliphatic carbocycles. The number of nitrogens with two attached hydrogens (primary N) is 1. The second kappa shape index (κ2) is 5.16. The average Bonchev–Trinajstić information content (AvgIpc) is 2.30. The van der Waals surface area contributed by atoms with E-state index in [0.29, 0.717) is 5.82 Å². The first kappa shape index (κ1) is 11.2. The van der Waals surface area contributed by atoms with Gasteiger partial charge in [-0.3, -0.25) is 4.90 Å². The summed E-state index contributed by atoms with van der Waals surface area (Å²) in [5, 5.41) is 0. The number of nitrogen functional groups attached to an aromatic ring is 1. The number of piperazine rings is 1. The maximum atomic E-state index is 5.69. The van der Waals surface area contributed by atoms with Crippen LogP contribution in [0.4, 0.5) is 11.6 Å². The van der Waals surface area contributed by atoms with Crippen molar-refractivity contribution in [2.75, 3.05) is 43.4 Å². The van der Waals surface area contributed by atoms with Crippen LogP contribution in [0.25, 0.3) is 0 Å². The summed E-state index contributed by atoms with van der Waals surface area (Å²) in [6.45, 7) is 7.80. The van der Waals surface area contributed by atoms with Crippen molar-refractivity contribution in [2.24, 2.45) is 0 Å². The lowest BCUT2D eigenvalue weighted by Gasteiger charge is -2.35. The Bertz CT molecular complexity index is 332. The highest BCUT2D eigenvalue weighted by Crippen LogP contribution is 2.14. The lowest BCUT2D eigenvalue weighted by molar-refractivity contribution is 0.258. The van der Waals surface area contributed by atoms with Crippen LogP contribution in [0.5, 0.6) is 0 Å². The molecule has 0 aromatic carbocycles. The Morgan fingerprint density at radius 2 is 2.00 bits per heavy atom. The van der Waals surface area contributed by atoms with Gasteiger partial charge >= 0.3 is 0 Å². The zero-order chi connectivity index (χ0) is 11.4. The zero-order valence-corrected chi connectivity index (χ0v) is 9.89. The van der Waals surface area contributed by atoms with Gasteiger partial charge in [-0.05, 0) is 25.1 Å². The van der Waals surface area contributed by atoms with Crippen LogP contribution in [0.1, 0.15) is 13.3 Å². The average molecular weight is 220 g/mol. The van der Waals surface area contributed by atoms with Crippen molar-refractivity contribution in [3.05, 3.63) is 18.2 Å². The second-order valence-corrected chi connectivity index (χ2v) is 4.25. The standard InChI is InChI=1S/C12H20N4/c1-2-6-15-7-9-16(10-8-15)12-5-3-4-11(13)14-12/h3-5H,2,6-10H2,1H3,(H2,13,14). The van der Waals surface area contributed by atoms with Crippen LogP contribution in [0, 0.1) is 0 Å². The maximum absolute atomic E-state index is 5.69. The molecular formula is C12H20N4. The Hall–Kier alpha value is -1.29. The van der Waals surface area contributed by atoms with Crippen molar-refractivity contribution in [3.63, 3.8) is 0 Å². The Morgan fingerprint density at radius 3 is 2.62 bits per heavy atom. The highest BCUT2D eigenvalue weighted by molar-refractivity contribution is 5.45. The number of pyridine rings is 1. The SMILES string of the molecule is CCCN1CCN(c2cccc(N)n2)CC1. The van der Waals surface area contributed by atoms with E-state index in [9.17, 15) is 0 Å². The fourth-order valence-corrected chi connectivity index (χ4v) is 2.13. The summed E-state index contributed by atoms with van der Waals surface area (Å²) >= 11 is 0. The number of rotatable bonds is 3. The molecule has 1 aromatic rings. The fourth-order valence-electron chi connectivity index (χ4n) is 2.13. The van der Waals surface area contributed by atoms with E-state index in [1.807, 2.05) is 18.2 Å². The first-order valence-corrected chi connectivity index (χ1v) is 5.99. The fraction of sp³-hybridized carbons (Fsp3) is 0.583. The highest BCUT2D eigenvalue weighted by Gasteiger charge is 2.16. The minimum absolute atomic E-state index is 0.605. The van der Waals surface area contributed by atoms with Crippen LogP contribution in [-0.2, 0) is 0 Å². The lowest BCUT2D eigenvalue weighted by atomic mass is 10.3. The summed E-state index contributed by atoms with van der Waals surface area (Å²) in [6, 6.07) is 5.83. The molecule has 1 aromatic heterocycles. The van der Waals surface area contributed by atoms with Gasteiger partial charge in [0.15, 0.2) is 0 Å². The molecule has 1 aliphatic rings. The molecule has 0 spiro atoms. The quantitative estimate of drug-likeness (QED) is 0.831. The summed E-state index contributed by atoms with van der Waals surface area (Å²) in [5.41, 5.74) is 5.69. The van der Waals surface area contributed by atoms with E-state index in [1.165, 1.54) is 13.0 Å². The molecule has 0 radical (unpaired) electrons. The molecule has 2 rings (SSSR count). The minimum Gasteiger partial charge on any atom is -0.384 e. The number of hydrogen-bond donors (Lipinski definition) is 1. The maximum Gasteiger partial charge on any atom is 0.131 e. The zero-order valence-electron chi connectivity index (χ0n) is 9.89. The largest absolute Gasteiger partial charge is 0.384 e. The topological polar surface area (TPSA) is 45.4 Å². The molecule has 1 saturated heterocycles. The van der Waals surface area contributed by atoms with Crippen LogP contribution < -0.4 is 10.6 Å². The van der Waals surface area contributed by atoms with E-state index in [-0.39, 0.29) is 0 Å². The van der Waals surface area contributed by atoms with Gasteiger partial charge in [0.2, 0.25) is 0 Å². The Morgan fingerprint density at radius 1 is 1.25 bits per heavy atom. The molecule has 0 unspecified atom stereocenters. The molecule has 0 atom stereocenters. The van der Waals surface area contributed by atoms with Crippen LogP contribution in [0.3, 0.4) is 0 Å². The summed E-state index contributed by atoms with van der Waals surface area (Å²) < 4.78 is 0. The molecule has 0 amide bonds. The molecule has 0 bridgehead atoms. The van der Waals surface area contributed by atoms with Crippen molar-refractivity contribution in [1.29, 1.82) is 0 Å². The summed E-state index contributed by atoms with van der Waals surface area (Å²) in [7, 11) is 0. The van der Waals surface area contributed by atoms with Crippen molar-refractivity contribution in [2.45, 2.75) is 13.3 Å². The number of nitrogens with zero attached hydrogens (tertiary/aromatic N) is 3. The molecule has 4 nitrogen and oxygen atoms in total. The third kappa shape index (κ3) is 2.64. The van der Waals surface area contributed by atoms with Crippen LogP contribution in [0.2, 0.25) is 0 Å². The van der Waals surface area contributed by atoms with E-state index < -0.39 is 0 Å².